The summed E-state index contributed by atoms with van der Waals surface area (Å²) in [6.45, 7) is 12.5. The fourth-order valence-corrected chi connectivity index (χ4v) is 5.69. The number of carbonyl (C=O) groups is 1. The second-order valence-corrected chi connectivity index (χ2v) is 11.2. The van der Waals surface area contributed by atoms with Crippen LogP contribution in [0.3, 0.4) is 0 Å². The van der Waals surface area contributed by atoms with Gasteiger partial charge in [0, 0.05) is 74.1 Å². The standard InChI is InChI=1S/C28H37F2N5O2.2ClH/c1-20-16-34(23(15-31-20)17-33-9-11-37-12-10-33)18-25(36)35-19-27(2,3)26-24(35)13-22(14-32-26)28(29,30)21-7-5-4-6-8-21;;/h4-8,13-14,20,23,31H,9-12,15-19H2,1-3H3;2*1H/t20-,23-;;/m1../s1. The predicted octanol–water partition coefficient (Wildman–Crippen LogP) is 3.68. The number of nitrogens with zero attached hydrogens (tertiary/aromatic N) is 4. The quantitative estimate of drug-likeness (QED) is 0.558. The Morgan fingerprint density at radius 3 is 2.54 bits per heavy atom. The summed E-state index contributed by atoms with van der Waals surface area (Å²) in [5.74, 6) is -3.28. The van der Waals surface area contributed by atoms with Gasteiger partial charge in [-0.25, -0.2) is 0 Å². The van der Waals surface area contributed by atoms with E-state index in [1.165, 1.54) is 24.4 Å². The Bertz CT molecular complexity index is 1120. The average Bonchev–Trinajstić information content (AvgIpc) is 3.17. The van der Waals surface area contributed by atoms with E-state index in [9.17, 15) is 4.79 Å². The molecule has 3 aliphatic rings. The van der Waals surface area contributed by atoms with Gasteiger partial charge in [-0.15, -0.1) is 24.8 Å². The van der Waals surface area contributed by atoms with Crippen LogP contribution in [0, 0.1) is 0 Å². The van der Waals surface area contributed by atoms with Gasteiger partial charge in [0.25, 0.3) is 5.92 Å². The largest absolute Gasteiger partial charge is 0.379 e. The zero-order valence-corrected chi connectivity index (χ0v) is 24.4. The minimum absolute atomic E-state index is 0. The number of pyridine rings is 1. The highest BCUT2D eigenvalue weighted by molar-refractivity contribution is 5.97. The topological polar surface area (TPSA) is 60.9 Å². The van der Waals surface area contributed by atoms with Gasteiger partial charge in [0.2, 0.25) is 5.91 Å². The van der Waals surface area contributed by atoms with Crippen molar-refractivity contribution in [1.82, 2.24) is 20.1 Å². The Hall–Kier alpha value is -1.88. The van der Waals surface area contributed by atoms with Crippen LogP contribution < -0.4 is 10.2 Å². The molecule has 0 saturated carbocycles. The molecule has 1 amide bonds. The summed E-state index contributed by atoms with van der Waals surface area (Å²) < 4.78 is 36.3. The molecule has 0 unspecified atom stereocenters. The third-order valence-corrected chi connectivity index (χ3v) is 7.79. The summed E-state index contributed by atoms with van der Waals surface area (Å²) in [6.07, 6.45) is 1.26. The van der Waals surface area contributed by atoms with E-state index in [2.05, 4.69) is 27.0 Å². The number of nitrogens with one attached hydrogen (secondary N) is 1. The first-order chi connectivity index (χ1) is 17.6. The van der Waals surface area contributed by atoms with Gasteiger partial charge in [-0.2, -0.15) is 8.78 Å². The monoisotopic (exact) mass is 585 g/mol. The molecule has 3 aliphatic heterocycles. The Balaban J connectivity index is 0.00000210. The molecule has 0 bridgehead atoms. The van der Waals surface area contributed by atoms with Crippen LogP contribution >= 0.6 is 24.8 Å². The molecular weight excluding hydrogens is 547 g/mol. The number of benzene rings is 1. The molecule has 0 radical (unpaired) electrons. The second kappa shape index (κ2) is 12.7. The minimum atomic E-state index is -3.21. The summed E-state index contributed by atoms with van der Waals surface area (Å²) in [6, 6.07) is 9.69. The van der Waals surface area contributed by atoms with Gasteiger partial charge in [0.15, 0.2) is 0 Å². The fourth-order valence-electron chi connectivity index (χ4n) is 5.69. The number of hydrogen-bond acceptors (Lipinski definition) is 6. The number of fused-ring (bicyclic) bond motifs is 1. The van der Waals surface area contributed by atoms with Crippen LogP contribution in [0.5, 0.6) is 0 Å². The average molecular weight is 587 g/mol. The van der Waals surface area contributed by atoms with Gasteiger partial charge in [0.05, 0.1) is 31.1 Å². The maximum atomic E-state index is 15.4. The summed E-state index contributed by atoms with van der Waals surface area (Å²) in [4.78, 5) is 24.5. The molecule has 1 aromatic heterocycles. The Morgan fingerprint density at radius 1 is 1.15 bits per heavy atom. The number of hydrogen-bond donors (Lipinski definition) is 1. The first-order valence-electron chi connectivity index (χ1n) is 13.2. The van der Waals surface area contributed by atoms with Crippen LogP contribution in [0.25, 0.3) is 0 Å². The zero-order chi connectivity index (χ0) is 26.2. The summed E-state index contributed by atoms with van der Waals surface area (Å²) in [7, 11) is 0. The summed E-state index contributed by atoms with van der Waals surface area (Å²) >= 11 is 0. The maximum Gasteiger partial charge on any atom is 0.300 e. The van der Waals surface area contributed by atoms with E-state index in [0.717, 1.165) is 45.9 Å². The molecule has 0 spiro atoms. The molecule has 0 aliphatic carbocycles. The summed E-state index contributed by atoms with van der Waals surface area (Å²) in [5, 5.41) is 3.54. The van der Waals surface area contributed by atoms with Crippen molar-refractivity contribution in [2.45, 2.75) is 44.2 Å². The number of anilines is 1. The number of rotatable bonds is 6. The van der Waals surface area contributed by atoms with Crippen molar-refractivity contribution in [1.29, 1.82) is 0 Å². The van der Waals surface area contributed by atoms with E-state index >= 15 is 8.78 Å². The van der Waals surface area contributed by atoms with E-state index in [1.54, 1.807) is 23.1 Å². The van der Waals surface area contributed by atoms with Crippen molar-refractivity contribution in [3.63, 3.8) is 0 Å². The number of amides is 1. The van der Waals surface area contributed by atoms with E-state index in [4.69, 9.17) is 4.74 Å². The lowest BCUT2D eigenvalue weighted by molar-refractivity contribution is -0.121. The lowest BCUT2D eigenvalue weighted by Gasteiger charge is -2.42. The highest BCUT2D eigenvalue weighted by Gasteiger charge is 2.43. The van der Waals surface area contributed by atoms with E-state index in [0.29, 0.717) is 17.9 Å². The molecule has 216 valence electrons. The lowest BCUT2D eigenvalue weighted by atomic mass is 9.90. The third kappa shape index (κ3) is 6.72. The van der Waals surface area contributed by atoms with E-state index in [-0.39, 0.29) is 60.5 Å². The van der Waals surface area contributed by atoms with Crippen LogP contribution in [-0.4, -0.2) is 91.8 Å². The maximum absolute atomic E-state index is 15.4. The molecule has 7 nitrogen and oxygen atoms in total. The minimum Gasteiger partial charge on any atom is -0.379 e. The third-order valence-electron chi connectivity index (χ3n) is 7.79. The van der Waals surface area contributed by atoms with Crippen LogP contribution in [0.4, 0.5) is 14.5 Å². The SMILES string of the molecule is C[C@@H]1CN(CC(=O)N2CC(C)(C)c3ncc(C(F)(F)c4ccccc4)cc32)[C@@H](CN2CCOCC2)CN1.Cl.Cl. The van der Waals surface area contributed by atoms with Crippen LogP contribution in [0.15, 0.2) is 42.6 Å². The number of carbonyl (C=O) groups excluding carboxylic acids is 1. The number of alkyl halides is 2. The molecule has 1 N–H and O–H groups in total. The van der Waals surface area contributed by atoms with Crippen molar-refractivity contribution in [3.05, 3.63) is 59.4 Å². The van der Waals surface area contributed by atoms with Gasteiger partial charge >= 0.3 is 0 Å². The van der Waals surface area contributed by atoms with Gasteiger partial charge in [-0.1, -0.05) is 44.2 Å². The number of piperazine rings is 1. The molecule has 5 rings (SSSR count). The molecular formula is C28H39Cl2F2N5O2. The summed E-state index contributed by atoms with van der Waals surface area (Å²) in [5.41, 5.74) is 0.472. The second-order valence-electron chi connectivity index (χ2n) is 11.2. The van der Waals surface area contributed by atoms with Crippen LogP contribution in [0.1, 0.15) is 37.6 Å². The smallest absolute Gasteiger partial charge is 0.300 e. The molecule has 2 fully saturated rings. The van der Waals surface area contributed by atoms with Crippen LogP contribution in [-0.2, 0) is 20.9 Å². The fraction of sp³-hybridized carbons (Fsp3) is 0.571. The first kappa shape index (κ1) is 31.6. The molecule has 39 heavy (non-hydrogen) atoms. The number of ether oxygens (including phenoxy) is 1. The van der Waals surface area contributed by atoms with Crippen molar-refractivity contribution in [3.8, 4) is 0 Å². The highest BCUT2D eigenvalue weighted by Crippen LogP contribution is 2.43. The Morgan fingerprint density at radius 2 is 1.85 bits per heavy atom. The van der Waals surface area contributed by atoms with Crippen molar-refractivity contribution < 1.29 is 18.3 Å². The molecule has 2 aromatic rings. The zero-order valence-electron chi connectivity index (χ0n) is 22.7. The predicted molar refractivity (Wildman–Crippen MR) is 154 cm³/mol. The Labute approximate surface area is 242 Å². The Kier molecular flexibility index (Phi) is 10.3. The normalized spacial score (nSPS) is 23.5. The van der Waals surface area contributed by atoms with E-state index < -0.39 is 11.3 Å². The first-order valence-corrected chi connectivity index (χ1v) is 13.2. The van der Waals surface area contributed by atoms with E-state index in [1.807, 2.05) is 13.8 Å². The number of halogens is 4. The van der Waals surface area contributed by atoms with Crippen LogP contribution in [0.2, 0.25) is 0 Å². The molecule has 1 aromatic carbocycles. The molecule has 11 heteroatoms. The molecule has 2 saturated heterocycles. The van der Waals surface area contributed by atoms with Gasteiger partial charge in [-0.05, 0) is 13.0 Å². The van der Waals surface area contributed by atoms with Crippen molar-refractivity contribution >= 4 is 36.4 Å². The number of aromatic nitrogens is 1. The molecule has 2 atom stereocenters. The van der Waals surface area contributed by atoms with Crippen molar-refractivity contribution in [2.24, 2.45) is 0 Å². The van der Waals surface area contributed by atoms with Gasteiger partial charge < -0.3 is 15.0 Å². The van der Waals surface area contributed by atoms with Crippen molar-refractivity contribution in [2.75, 3.05) is 63.9 Å². The number of morpholine rings is 1. The lowest BCUT2D eigenvalue weighted by Crippen LogP contribution is -2.61. The highest BCUT2D eigenvalue weighted by atomic mass is 35.5. The van der Waals surface area contributed by atoms with Gasteiger partial charge in [0.1, 0.15) is 0 Å². The molecule has 4 heterocycles. The van der Waals surface area contributed by atoms with Gasteiger partial charge in [-0.3, -0.25) is 19.6 Å².